The van der Waals surface area contributed by atoms with Gasteiger partial charge in [-0.15, -0.1) is 0 Å². The Kier molecular flexibility index (Phi) is 3.92. The first-order valence-electron chi connectivity index (χ1n) is 7.59. The third-order valence-electron chi connectivity index (χ3n) is 3.99. The molecule has 1 aliphatic heterocycles. The van der Waals surface area contributed by atoms with Crippen LogP contribution >= 0.6 is 0 Å². The molecule has 21 heavy (non-hydrogen) atoms. The molecule has 3 rings (SSSR count). The van der Waals surface area contributed by atoms with Crippen molar-refractivity contribution in [1.82, 2.24) is 20.0 Å². The van der Waals surface area contributed by atoms with Gasteiger partial charge in [-0.25, -0.2) is 0 Å². The number of hydrogen-bond acceptors (Lipinski definition) is 3. The molecule has 0 atom stereocenters. The Morgan fingerprint density at radius 2 is 2.05 bits per heavy atom. The molecule has 2 heterocycles. The third kappa shape index (κ3) is 2.93. The van der Waals surface area contributed by atoms with Crippen LogP contribution in [0.5, 0.6) is 0 Å². The number of aromatic nitrogens is 2. The van der Waals surface area contributed by atoms with Crippen molar-refractivity contribution in [3.63, 3.8) is 0 Å². The molecule has 0 bridgehead atoms. The van der Waals surface area contributed by atoms with Gasteiger partial charge in [0.05, 0.1) is 17.3 Å². The molecule has 5 nitrogen and oxygen atoms in total. The first-order chi connectivity index (χ1) is 10.1. The highest BCUT2D eigenvalue weighted by molar-refractivity contribution is 6.05. The van der Waals surface area contributed by atoms with Crippen LogP contribution in [0.2, 0.25) is 0 Å². The molecule has 0 saturated carbocycles. The summed E-state index contributed by atoms with van der Waals surface area (Å²) in [6.45, 7) is 9.10. The van der Waals surface area contributed by atoms with Crippen LogP contribution in [0.15, 0.2) is 24.4 Å². The standard InChI is InChI=1S/C16H22N4O/c1-12(2)11-19-6-8-20(9-7-19)16(21)14-5-3-4-13-10-17-18-15(13)14/h3-5,10,12H,6-9,11H2,1-2H3,(H,17,18). The van der Waals surface area contributed by atoms with E-state index in [0.717, 1.165) is 49.2 Å². The Morgan fingerprint density at radius 3 is 2.76 bits per heavy atom. The smallest absolute Gasteiger partial charge is 0.256 e. The van der Waals surface area contributed by atoms with Gasteiger partial charge in [0.25, 0.3) is 5.91 Å². The van der Waals surface area contributed by atoms with E-state index in [1.807, 2.05) is 23.1 Å². The van der Waals surface area contributed by atoms with Gasteiger partial charge in [0.15, 0.2) is 0 Å². The topological polar surface area (TPSA) is 52.2 Å². The molecular formula is C16H22N4O. The second-order valence-electron chi connectivity index (χ2n) is 6.13. The summed E-state index contributed by atoms with van der Waals surface area (Å²) in [5.41, 5.74) is 1.56. The maximum absolute atomic E-state index is 12.7. The summed E-state index contributed by atoms with van der Waals surface area (Å²) in [6, 6.07) is 5.76. The molecule has 1 fully saturated rings. The van der Waals surface area contributed by atoms with Crippen LogP contribution in [0.1, 0.15) is 24.2 Å². The lowest BCUT2D eigenvalue weighted by Gasteiger charge is -2.35. The lowest BCUT2D eigenvalue weighted by molar-refractivity contribution is 0.0625. The minimum atomic E-state index is 0.106. The van der Waals surface area contributed by atoms with Crippen LogP contribution < -0.4 is 0 Å². The number of rotatable bonds is 3. The second kappa shape index (κ2) is 5.85. The van der Waals surface area contributed by atoms with Crippen molar-refractivity contribution in [2.45, 2.75) is 13.8 Å². The van der Waals surface area contributed by atoms with Crippen molar-refractivity contribution < 1.29 is 4.79 Å². The molecule has 5 heteroatoms. The molecule has 0 radical (unpaired) electrons. The predicted octanol–water partition coefficient (Wildman–Crippen LogP) is 1.98. The number of nitrogens with one attached hydrogen (secondary N) is 1. The maximum Gasteiger partial charge on any atom is 0.256 e. The lowest BCUT2D eigenvalue weighted by atomic mass is 10.1. The molecular weight excluding hydrogens is 264 g/mol. The highest BCUT2D eigenvalue weighted by Gasteiger charge is 2.23. The molecule has 0 unspecified atom stereocenters. The van der Waals surface area contributed by atoms with Crippen LogP contribution in [-0.4, -0.2) is 58.6 Å². The van der Waals surface area contributed by atoms with E-state index >= 15 is 0 Å². The van der Waals surface area contributed by atoms with E-state index < -0.39 is 0 Å². The summed E-state index contributed by atoms with van der Waals surface area (Å²) in [7, 11) is 0. The largest absolute Gasteiger partial charge is 0.336 e. The fraction of sp³-hybridized carbons (Fsp3) is 0.500. The average molecular weight is 286 g/mol. The second-order valence-corrected chi connectivity index (χ2v) is 6.13. The number of amides is 1. The molecule has 0 aliphatic carbocycles. The van der Waals surface area contributed by atoms with Gasteiger partial charge >= 0.3 is 0 Å². The molecule has 1 aliphatic rings. The summed E-state index contributed by atoms with van der Waals surface area (Å²) in [6.07, 6.45) is 1.76. The number of aromatic amines is 1. The molecule has 112 valence electrons. The predicted molar refractivity (Wildman–Crippen MR) is 83.3 cm³/mol. The minimum absolute atomic E-state index is 0.106. The van der Waals surface area contributed by atoms with Crippen LogP contribution in [-0.2, 0) is 0 Å². The summed E-state index contributed by atoms with van der Waals surface area (Å²) in [4.78, 5) is 17.1. The first-order valence-corrected chi connectivity index (χ1v) is 7.59. The van der Waals surface area contributed by atoms with E-state index in [4.69, 9.17) is 0 Å². The number of nitrogens with zero attached hydrogens (tertiary/aromatic N) is 3. The number of fused-ring (bicyclic) bond motifs is 1. The van der Waals surface area contributed by atoms with Gasteiger partial charge in [0, 0.05) is 38.1 Å². The number of hydrogen-bond donors (Lipinski definition) is 1. The Bertz CT molecular complexity index is 626. The van der Waals surface area contributed by atoms with E-state index in [1.54, 1.807) is 6.20 Å². The first kappa shape index (κ1) is 14.1. The van der Waals surface area contributed by atoms with Crippen molar-refractivity contribution in [1.29, 1.82) is 0 Å². The molecule has 1 saturated heterocycles. The molecule has 1 amide bonds. The normalized spacial score (nSPS) is 16.8. The number of piperazine rings is 1. The van der Waals surface area contributed by atoms with Gasteiger partial charge in [-0.05, 0) is 12.0 Å². The van der Waals surface area contributed by atoms with E-state index in [9.17, 15) is 4.79 Å². The van der Waals surface area contributed by atoms with E-state index in [-0.39, 0.29) is 5.91 Å². The molecule has 2 aromatic rings. The summed E-state index contributed by atoms with van der Waals surface area (Å²) >= 11 is 0. The number of para-hydroxylation sites is 1. The molecule has 0 spiro atoms. The van der Waals surface area contributed by atoms with Crippen LogP contribution in [0, 0.1) is 5.92 Å². The highest BCUT2D eigenvalue weighted by atomic mass is 16.2. The fourth-order valence-electron chi connectivity index (χ4n) is 2.97. The highest BCUT2D eigenvalue weighted by Crippen LogP contribution is 2.18. The van der Waals surface area contributed by atoms with Crippen LogP contribution in [0.3, 0.4) is 0 Å². The lowest BCUT2D eigenvalue weighted by Crippen LogP contribution is -2.49. The van der Waals surface area contributed by atoms with Gasteiger partial charge in [-0.1, -0.05) is 26.0 Å². The number of H-pyrrole nitrogens is 1. The van der Waals surface area contributed by atoms with E-state index in [1.165, 1.54) is 0 Å². The molecule has 1 aromatic carbocycles. The van der Waals surface area contributed by atoms with Crippen LogP contribution in [0.25, 0.3) is 10.9 Å². The Balaban J connectivity index is 1.71. The van der Waals surface area contributed by atoms with Crippen molar-refractivity contribution in [2.75, 3.05) is 32.7 Å². The summed E-state index contributed by atoms with van der Waals surface area (Å²) in [5, 5.41) is 7.95. The monoisotopic (exact) mass is 286 g/mol. The quantitative estimate of drug-likeness (QED) is 0.938. The zero-order valence-corrected chi connectivity index (χ0v) is 12.7. The molecule has 1 N–H and O–H groups in total. The summed E-state index contributed by atoms with van der Waals surface area (Å²) < 4.78 is 0. The van der Waals surface area contributed by atoms with Gasteiger partial charge in [0.1, 0.15) is 0 Å². The van der Waals surface area contributed by atoms with Gasteiger partial charge in [-0.2, -0.15) is 5.10 Å². The number of carbonyl (C=O) groups excluding carboxylic acids is 1. The van der Waals surface area contributed by atoms with Crippen molar-refractivity contribution in [3.05, 3.63) is 30.0 Å². The van der Waals surface area contributed by atoms with Gasteiger partial charge in [-0.3, -0.25) is 14.8 Å². The molecule has 1 aromatic heterocycles. The zero-order valence-electron chi connectivity index (χ0n) is 12.7. The van der Waals surface area contributed by atoms with Crippen molar-refractivity contribution in [2.24, 2.45) is 5.92 Å². The Morgan fingerprint density at radius 1 is 1.29 bits per heavy atom. The van der Waals surface area contributed by atoms with Crippen LogP contribution in [0.4, 0.5) is 0 Å². The van der Waals surface area contributed by atoms with Gasteiger partial charge < -0.3 is 4.90 Å². The third-order valence-corrected chi connectivity index (χ3v) is 3.99. The Labute approximate surface area is 124 Å². The van der Waals surface area contributed by atoms with Gasteiger partial charge in [0.2, 0.25) is 0 Å². The maximum atomic E-state index is 12.7. The SMILES string of the molecule is CC(C)CN1CCN(C(=O)c2cccc3cn[nH]c23)CC1. The zero-order chi connectivity index (χ0) is 14.8. The van der Waals surface area contributed by atoms with E-state index in [0.29, 0.717) is 5.92 Å². The van der Waals surface area contributed by atoms with Crippen molar-refractivity contribution >= 4 is 16.8 Å². The summed E-state index contributed by atoms with van der Waals surface area (Å²) in [5.74, 6) is 0.778. The fourth-order valence-corrected chi connectivity index (χ4v) is 2.97. The van der Waals surface area contributed by atoms with Crippen molar-refractivity contribution in [3.8, 4) is 0 Å². The number of carbonyl (C=O) groups is 1. The Hall–Kier alpha value is -1.88. The van der Waals surface area contributed by atoms with E-state index in [2.05, 4.69) is 28.9 Å². The minimum Gasteiger partial charge on any atom is -0.336 e. The average Bonchev–Trinajstić information content (AvgIpc) is 2.95. The number of benzene rings is 1.